The fourth-order valence-corrected chi connectivity index (χ4v) is 1.69. The van der Waals surface area contributed by atoms with E-state index in [4.69, 9.17) is 16.3 Å². The highest BCUT2D eigenvalue weighted by Gasteiger charge is 2.14. The molecule has 4 nitrogen and oxygen atoms in total. The molecule has 2 aromatic rings. The summed E-state index contributed by atoms with van der Waals surface area (Å²) in [6.07, 6.45) is 1.40. The zero-order valence-corrected chi connectivity index (χ0v) is 10.4. The third-order valence-electron chi connectivity index (χ3n) is 2.45. The molecule has 1 heterocycles. The highest BCUT2D eigenvalue weighted by atomic mass is 35.5. The zero-order chi connectivity index (χ0) is 13.8. The number of halogens is 2. The van der Waals surface area contributed by atoms with Crippen LogP contribution in [-0.4, -0.2) is 11.0 Å². The van der Waals surface area contributed by atoms with Crippen molar-refractivity contribution in [2.24, 2.45) is 0 Å². The highest BCUT2D eigenvalue weighted by molar-refractivity contribution is 6.31. The monoisotopic (exact) mass is 281 g/mol. The van der Waals surface area contributed by atoms with Crippen molar-refractivity contribution in [1.29, 1.82) is 0 Å². The lowest BCUT2D eigenvalue weighted by Crippen LogP contribution is -2.18. The molecule has 0 aliphatic rings. The molecule has 98 valence electrons. The minimum absolute atomic E-state index is 0.0740. The number of H-pyrrole nitrogens is 1. The normalized spacial score (nSPS) is 10.2. The van der Waals surface area contributed by atoms with Crippen LogP contribution in [0.1, 0.15) is 15.9 Å². The molecular weight excluding hydrogens is 273 g/mol. The molecule has 0 unspecified atom stereocenters. The summed E-state index contributed by atoms with van der Waals surface area (Å²) in [7, 11) is 0. The Morgan fingerprint density at radius 3 is 2.79 bits per heavy atom. The maximum Gasteiger partial charge on any atom is 0.344 e. The van der Waals surface area contributed by atoms with Crippen molar-refractivity contribution in [3.05, 3.63) is 68.8 Å². The number of nitrogens with one attached hydrogen (secondary N) is 1. The largest absolute Gasteiger partial charge is 0.457 e. The summed E-state index contributed by atoms with van der Waals surface area (Å²) in [6.45, 7) is -0.335. The minimum atomic E-state index is -0.832. The molecule has 0 saturated heterocycles. The van der Waals surface area contributed by atoms with E-state index in [0.29, 0.717) is 0 Å². The Kier molecular flexibility index (Phi) is 3.97. The third-order valence-corrected chi connectivity index (χ3v) is 2.80. The molecule has 0 radical (unpaired) electrons. The fourth-order valence-electron chi connectivity index (χ4n) is 1.47. The van der Waals surface area contributed by atoms with E-state index >= 15 is 0 Å². The summed E-state index contributed by atoms with van der Waals surface area (Å²) in [5.74, 6) is -1.40. The summed E-state index contributed by atoms with van der Waals surface area (Å²) >= 11 is 5.79. The van der Waals surface area contributed by atoms with Gasteiger partial charge in [-0.3, -0.25) is 4.79 Å². The molecule has 1 aromatic carbocycles. The van der Waals surface area contributed by atoms with E-state index in [1.54, 1.807) is 0 Å². The first-order valence-electron chi connectivity index (χ1n) is 5.37. The lowest BCUT2D eigenvalue weighted by atomic mass is 10.2. The second kappa shape index (κ2) is 5.67. The van der Waals surface area contributed by atoms with Crippen LogP contribution in [0.3, 0.4) is 0 Å². The molecule has 0 bridgehead atoms. The predicted octanol–water partition coefficient (Wildman–Crippen LogP) is 2.52. The van der Waals surface area contributed by atoms with Crippen LogP contribution in [0, 0.1) is 5.82 Å². The van der Waals surface area contributed by atoms with Crippen molar-refractivity contribution < 1.29 is 13.9 Å². The molecule has 6 heteroatoms. The second-order valence-electron chi connectivity index (χ2n) is 3.69. The summed E-state index contributed by atoms with van der Waals surface area (Å²) in [5, 5.41) is 0.162. The number of hydrogen-bond acceptors (Lipinski definition) is 3. The van der Waals surface area contributed by atoms with Crippen molar-refractivity contribution in [3.8, 4) is 0 Å². The Bertz CT molecular complexity index is 649. The van der Waals surface area contributed by atoms with Crippen LogP contribution in [-0.2, 0) is 11.3 Å². The lowest BCUT2D eigenvalue weighted by molar-refractivity contribution is 0.0467. The first kappa shape index (κ1) is 13.3. The number of pyridine rings is 1. The van der Waals surface area contributed by atoms with Crippen LogP contribution < -0.4 is 5.56 Å². The van der Waals surface area contributed by atoms with Gasteiger partial charge in [0.05, 0.1) is 5.02 Å². The van der Waals surface area contributed by atoms with Gasteiger partial charge >= 0.3 is 5.97 Å². The van der Waals surface area contributed by atoms with Crippen molar-refractivity contribution in [2.75, 3.05) is 0 Å². The van der Waals surface area contributed by atoms with E-state index in [0.717, 1.165) is 0 Å². The molecule has 0 aliphatic heterocycles. The van der Waals surface area contributed by atoms with Crippen LogP contribution in [0.15, 0.2) is 41.3 Å². The molecule has 0 amide bonds. The van der Waals surface area contributed by atoms with Gasteiger partial charge in [0.1, 0.15) is 18.0 Å². The van der Waals surface area contributed by atoms with E-state index in [9.17, 15) is 14.0 Å². The van der Waals surface area contributed by atoms with Gasteiger partial charge in [0.25, 0.3) is 5.56 Å². The molecular formula is C13H9ClFNO3. The van der Waals surface area contributed by atoms with Gasteiger partial charge in [-0.2, -0.15) is 0 Å². The lowest BCUT2D eigenvalue weighted by Gasteiger charge is -2.07. The summed E-state index contributed by atoms with van der Waals surface area (Å²) < 4.78 is 18.3. The van der Waals surface area contributed by atoms with Gasteiger partial charge in [0, 0.05) is 11.8 Å². The number of esters is 1. The first-order chi connectivity index (χ1) is 9.09. The summed E-state index contributed by atoms with van der Waals surface area (Å²) in [6, 6.07) is 6.97. The first-order valence-corrected chi connectivity index (χ1v) is 5.75. The van der Waals surface area contributed by atoms with Crippen molar-refractivity contribution in [1.82, 2.24) is 4.98 Å². The second-order valence-corrected chi connectivity index (χ2v) is 4.10. The average molecular weight is 282 g/mol. The third kappa shape index (κ3) is 3.00. The van der Waals surface area contributed by atoms with Gasteiger partial charge < -0.3 is 9.72 Å². The summed E-state index contributed by atoms with van der Waals surface area (Å²) in [5.41, 5.74) is -0.632. The number of aromatic nitrogens is 1. The van der Waals surface area contributed by atoms with E-state index in [1.807, 2.05) is 0 Å². The van der Waals surface area contributed by atoms with Crippen LogP contribution >= 0.6 is 11.6 Å². The highest BCUT2D eigenvalue weighted by Crippen LogP contribution is 2.19. The van der Waals surface area contributed by atoms with Gasteiger partial charge in [-0.25, -0.2) is 9.18 Å². The Hall–Kier alpha value is -2.14. The SMILES string of the molecule is O=C(OCc1c(F)cccc1Cl)c1ccc[nH]c1=O. The molecule has 0 atom stereocenters. The molecule has 19 heavy (non-hydrogen) atoms. The number of ether oxygens (including phenoxy) is 1. The zero-order valence-electron chi connectivity index (χ0n) is 9.65. The Morgan fingerprint density at radius 1 is 1.32 bits per heavy atom. The van der Waals surface area contributed by atoms with Gasteiger partial charge in [0.15, 0.2) is 0 Å². The smallest absolute Gasteiger partial charge is 0.344 e. The molecule has 0 aliphatic carbocycles. The van der Waals surface area contributed by atoms with Crippen molar-refractivity contribution in [3.63, 3.8) is 0 Å². The molecule has 1 aromatic heterocycles. The van der Waals surface area contributed by atoms with E-state index < -0.39 is 17.3 Å². The maximum absolute atomic E-state index is 13.4. The van der Waals surface area contributed by atoms with Gasteiger partial charge in [0.2, 0.25) is 0 Å². The Morgan fingerprint density at radius 2 is 2.11 bits per heavy atom. The maximum atomic E-state index is 13.4. The average Bonchev–Trinajstić information content (AvgIpc) is 2.38. The summed E-state index contributed by atoms with van der Waals surface area (Å²) in [4.78, 5) is 25.3. The number of hydrogen-bond donors (Lipinski definition) is 1. The molecule has 2 rings (SSSR count). The van der Waals surface area contributed by atoms with Gasteiger partial charge in [-0.05, 0) is 24.3 Å². The van der Waals surface area contributed by atoms with Crippen LogP contribution in [0.5, 0.6) is 0 Å². The number of carbonyl (C=O) groups excluding carboxylic acids is 1. The van der Waals surface area contributed by atoms with Gasteiger partial charge in [-0.15, -0.1) is 0 Å². The van der Waals surface area contributed by atoms with E-state index in [-0.39, 0.29) is 22.8 Å². The van der Waals surface area contributed by atoms with Crippen molar-refractivity contribution in [2.45, 2.75) is 6.61 Å². The quantitative estimate of drug-likeness (QED) is 0.880. The number of aromatic amines is 1. The predicted molar refractivity (Wildman–Crippen MR) is 67.6 cm³/mol. The Labute approximate surface area is 112 Å². The number of benzene rings is 1. The van der Waals surface area contributed by atoms with E-state index in [1.165, 1.54) is 36.5 Å². The standard InChI is InChI=1S/C13H9ClFNO3/c14-10-4-1-5-11(15)9(10)7-19-13(18)8-3-2-6-16-12(8)17/h1-6H,7H2,(H,16,17). The fraction of sp³-hybridized carbons (Fsp3) is 0.0769. The van der Waals surface area contributed by atoms with Crippen molar-refractivity contribution >= 4 is 17.6 Å². The van der Waals surface area contributed by atoms with Crippen LogP contribution in [0.25, 0.3) is 0 Å². The van der Waals surface area contributed by atoms with Crippen LogP contribution in [0.2, 0.25) is 5.02 Å². The molecule has 0 saturated carbocycles. The molecule has 0 fully saturated rings. The minimum Gasteiger partial charge on any atom is -0.457 e. The Balaban J connectivity index is 2.14. The number of carbonyl (C=O) groups is 1. The topological polar surface area (TPSA) is 59.2 Å². The number of rotatable bonds is 3. The molecule has 1 N–H and O–H groups in total. The van der Waals surface area contributed by atoms with Gasteiger partial charge in [-0.1, -0.05) is 17.7 Å². The van der Waals surface area contributed by atoms with Crippen LogP contribution in [0.4, 0.5) is 4.39 Å². The molecule has 0 spiro atoms. The van der Waals surface area contributed by atoms with E-state index in [2.05, 4.69) is 4.98 Å².